The second-order valence-electron chi connectivity index (χ2n) is 8.64. The van der Waals surface area contributed by atoms with E-state index in [9.17, 15) is 18.0 Å². The van der Waals surface area contributed by atoms with E-state index in [1.165, 1.54) is 12.1 Å². The summed E-state index contributed by atoms with van der Waals surface area (Å²) in [6.07, 6.45) is -4.51. The van der Waals surface area contributed by atoms with Crippen LogP contribution in [0.15, 0.2) is 109 Å². The lowest BCUT2D eigenvalue weighted by Gasteiger charge is -2.09. The third-order valence-corrected chi connectivity index (χ3v) is 5.96. The van der Waals surface area contributed by atoms with Gasteiger partial charge in [0.05, 0.1) is 16.9 Å². The lowest BCUT2D eigenvalue weighted by atomic mass is 10.0. The van der Waals surface area contributed by atoms with Crippen molar-refractivity contribution >= 4 is 11.6 Å². The van der Waals surface area contributed by atoms with Crippen molar-refractivity contribution in [3.05, 3.63) is 126 Å². The van der Waals surface area contributed by atoms with Crippen LogP contribution in [-0.2, 0) is 6.18 Å². The first kappa shape index (κ1) is 24.1. The Morgan fingerprint density at radius 1 is 0.757 bits per heavy atom. The zero-order valence-corrected chi connectivity index (χ0v) is 19.8. The molecule has 1 amide bonds. The van der Waals surface area contributed by atoms with Gasteiger partial charge in [-0.1, -0.05) is 78.4 Å². The molecular formula is C30H22F3N3O. The van der Waals surface area contributed by atoms with E-state index in [4.69, 9.17) is 0 Å². The number of amides is 1. The third-order valence-electron chi connectivity index (χ3n) is 5.96. The van der Waals surface area contributed by atoms with Gasteiger partial charge >= 0.3 is 6.18 Å². The summed E-state index contributed by atoms with van der Waals surface area (Å²) in [7, 11) is 0. The summed E-state index contributed by atoms with van der Waals surface area (Å²) in [6, 6.07) is 31.7. The second-order valence-corrected chi connectivity index (χ2v) is 8.64. The Bertz CT molecular complexity index is 1540. The first-order valence-corrected chi connectivity index (χ1v) is 11.6. The van der Waals surface area contributed by atoms with Gasteiger partial charge in [0.25, 0.3) is 5.91 Å². The number of aryl methyl sites for hydroxylation is 1. The molecule has 37 heavy (non-hydrogen) atoms. The van der Waals surface area contributed by atoms with Crippen molar-refractivity contribution < 1.29 is 18.0 Å². The van der Waals surface area contributed by atoms with Gasteiger partial charge in [0, 0.05) is 11.3 Å². The number of carbonyl (C=O) groups is 1. The van der Waals surface area contributed by atoms with Crippen LogP contribution >= 0.6 is 0 Å². The van der Waals surface area contributed by atoms with Crippen LogP contribution in [0.1, 0.15) is 21.6 Å². The summed E-state index contributed by atoms with van der Waals surface area (Å²) in [6.45, 7) is 1.98. The highest BCUT2D eigenvalue weighted by Gasteiger charge is 2.30. The van der Waals surface area contributed by atoms with Gasteiger partial charge in [-0.3, -0.25) is 4.79 Å². The lowest BCUT2D eigenvalue weighted by Crippen LogP contribution is -2.14. The van der Waals surface area contributed by atoms with Crippen LogP contribution in [0, 0.1) is 6.92 Å². The molecule has 4 aromatic carbocycles. The van der Waals surface area contributed by atoms with Crippen molar-refractivity contribution in [1.29, 1.82) is 0 Å². The normalized spacial score (nSPS) is 11.4. The number of hydrogen-bond acceptors (Lipinski definition) is 2. The average molecular weight is 498 g/mol. The minimum Gasteiger partial charge on any atom is -0.321 e. The van der Waals surface area contributed by atoms with Crippen LogP contribution in [0.4, 0.5) is 18.9 Å². The van der Waals surface area contributed by atoms with Crippen molar-refractivity contribution in [2.75, 3.05) is 5.32 Å². The molecule has 1 heterocycles. The van der Waals surface area contributed by atoms with Gasteiger partial charge in [-0.2, -0.15) is 18.3 Å². The Labute approximate surface area is 212 Å². The first-order valence-electron chi connectivity index (χ1n) is 11.6. The SMILES string of the molecule is Cc1ccc(-n2nc(C(=O)Nc3cccc(C(F)(F)F)c3)cc2-c2ccc(-c3ccccc3)cc2)cc1. The van der Waals surface area contributed by atoms with E-state index in [1.807, 2.05) is 85.8 Å². The van der Waals surface area contributed by atoms with E-state index in [-0.39, 0.29) is 11.4 Å². The number of hydrogen-bond donors (Lipinski definition) is 1. The highest BCUT2D eigenvalue weighted by atomic mass is 19.4. The maximum atomic E-state index is 13.1. The minimum atomic E-state index is -4.51. The standard InChI is InChI=1S/C30H22F3N3O/c1-20-10-16-26(17-11-20)36-28(23-14-12-22(13-15-23)21-6-3-2-4-7-21)19-27(35-36)29(37)34-25-9-5-8-24(18-25)30(31,32)33/h2-19H,1H3,(H,34,37). The van der Waals surface area contributed by atoms with E-state index < -0.39 is 17.6 Å². The summed E-state index contributed by atoms with van der Waals surface area (Å²) in [5.41, 5.74) is 4.77. The van der Waals surface area contributed by atoms with E-state index in [0.717, 1.165) is 40.1 Å². The molecule has 0 unspecified atom stereocenters. The molecule has 5 aromatic rings. The highest BCUT2D eigenvalue weighted by molar-refractivity contribution is 6.03. The van der Waals surface area contributed by atoms with Crippen LogP contribution in [0.2, 0.25) is 0 Å². The number of carbonyl (C=O) groups excluding carboxylic acids is 1. The zero-order valence-electron chi connectivity index (χ0n) is 19.8. The topological polar surface area (TPSA) is 46.9 Å². The van der Waals surface area contributed by atoms with Gasteiger partial charge in [-0.05, 0) is 54.4 Å². The molecule has 1 N–H and O–H groups in total. The minimum absolute atomic E-state index is 0.0403. The predicted molar refractivity (Wildman–Crippen MR) is 139 cm³/mol. The molecule has 0 atom stereocenters. The van der Waals surface area contributed by atoms with Gasteiger partial charge < -0.3 is 5.32 Å². The van der Waals surface area contributed by atoms with Crippen molar-refractivity contribution in [2.45, 2.75) is 13.1 Å². The third kappa shape index (κ3) is 5.30. The first-order chi connectivity index (χ1) is 17.8. The molecule has 1 aromatic heterocycles. The second kappa shape index (κ2) is 9.78. The predicted octanol–water partition coefficient (Wildman–Crippen LogP) is 7.79. The number of halogens is 3. The van der Waals surface area contributed by atoms with Gasteiger partial charge in [-0.25, -0.2) is 4.68 Å². The fourth-order valence-corrected chi connectivity index (χ4v) is 4.01. The van der Waals surface area contributed by atoms with Gasteiger partial charge in [0.15, 0.2) is 5.69 Å². The van der Waals surface area contributed by atoms with Crippen LogP contribution < -0.4 is 5.32 Å². The van der Waals surface area contributed by atoms with Gasteiger partial charge in [-0.15, -0.1) is 0 Å². The number of rotatable bonds is 5. The molecule has 0 aliphatic carbocycles. The molecule has 0 aliphatic rings. The monoisotopic (exact) mass is 497 g/mol. The summed E-state index contributed by atoms with van der Waals surface area (Å²) in [5.74, 6) is -0.604. The summed E-state index contributed by atoms with van der Waals surface area (Å²) in [4.78, 5) is 13.0. The molecule has 0 saturated heterocycles. The molecule has 0 spiro atoms. The Kier molecular flexibility index (Phi) is 6.36. The number of anilines is 1. The summed E-state index contributed by atoms with van der Waals surface area (Å²) < 4.78 is 41.0. The molecule has 4 nitrogen and oxygen atoms in total. The Hall–Kier alpha value is -4.65. The number of nitrogens with one attached hydrogen (secondary N) is 1. The maximum absolute atomic E-state index is 13.1. The lowest BCUT2D eigenvalue weighted by molar-refractivity contribution is -0.137. The molecule has 7 heteroatoms. The summed E-state index contributed by atoms with van der Waals surface area (Å²) in [5, 5.41) is 7.06. The van der Waals surface area contributed by atoms with Crippen LogP contribution in [0.5, 0.6) is 0 Å². The quantitative estimate of drug-likeness (QED) is 0.269. The zero-order chi connectivity index (χ0) is 26.0. The molecule has 0 aliphatic heterocycles. The smallest absolute Gasteiger partial charge is 0.321 e. The number of nitrogens with zero attached hydrogens (tertiary/aromatic N) is 2. The molecule has 0 radical (unpaired) electrons. The molecule has 0 bridgehead atoms. The summed E-state index contributed by atoms with van der Waals surface area (Å²) >= 11 is 0. The number of benzene rings is 4. The van der Waals surface area contributed by atoms with Crippen LogP contribution in [0.25, 0.3) is 28.1 Å². The van der Waals surface area contributed by atoms with E-state index in [0.29, 0.717) is 5.69 Å². The highest BCUT2D eigenvalue weighted by Crippen LogP contribution is 2.31. The van der Waals surface area contributed by atoms with E-state index in [2.05, 4.69) is 10.4 Å². The Morgan fingerprint density at radius 3 is 2.08 bits per heavy atom. The average Bonchev–Trinajstić information content (AvgIpc) is 3.35. The van der Waals surface area contributed by atoms with Crippen LogP contribution in [-0.4, -0.2) is 15.7 Å². The van der Waals surface area contributed by atoms with Crippen molar-refractivity contribution in [3.8, 4) is 28.1 Å². The fourth-order valence-electron chi connectivity index (χ4n) is 4.01. The van der Waals surface area contributed by atoms with Crippen molar-refractivity contribution in [1.82, 2.24) is 9.78 Å². The Morgan fingerprint density at radius 2 is 1.41 bits per heavy atom. The van der Waals surface area contributed by atoms with Crippen LogP contribution in [0.3, 0.4) is 0 Å². The van der Waals surface area contributed by atoms with Crippen molar-refractivity contribution in [2.24, 2.45) is 0 Å². The molecular weight excluding hydrogens is 475 g/mol. The van der Waals surface area contributed by atoms with Gasteiger partial charge in [0.1, 0.15) is 0 Å². The van der Waals surface area contributed by atoms with Crippen molar-refractivity contribution in [3.63, 3.8) is 0 Å². The van der Waals surface area contributed by atoms with E-state index >= 15 is 0 Å². The van der Waals surface area contributed by atoms with E-state index in [1.54, 1.807) is 10.7 Å². The Balaban J connectivity index is 1.51. The van der Waals surface area contributed by atoms with Gasteiger partial charge in [0.2, 0.25) is 0 Å². The fraction of sp³-hybridized carbons (Fsp3) is 0.0667. The molecule has 0 fully saturated rings. The number of alkyl halides is 3. The molecule has 0 saturated carbocycles. The number of aromatic nitrogens is 2. The largest absolute Gasteiger partial charge is 0.416 e. The molecule has 184 valence electrons. The molecule has 5 rings (SSSR count). The maximum Gasteiger partial charge on any atom is 0.416 e.